The van der Waals surface area contributed by atoms with Gasteiger partial charge in [-0.05, 0) is 46.9 Å². The molecule has 3 nitrogen and oxygen atoms in total. The summed E-state index contributed by atoms with van der Waals surface area (Å²) < 4.78 is 0. The normalized spacial score (nSPS) is 21.9. The van der Waals surface area contributed by atoms with Crippen LogP contribution in [0.15, 0.2) is 30.4 Å². The van der Waals surface area contributed by atoms with Crippen LogP contribution in [0.3, 0.4) is 0 Å². The molecule has 1 aromatic carbocycles. The lowest BCUT2D eigenvalue weighted by Gasteiger charge is -2.30. The first kappa shape index (κ1) is 15.5. The fraction of sp³-hybridized carbons (Fsp3) is 0.389. The number of carboxylic acids is 1. The van der Waals surface area contributed by atoms with Gasteiger partial charge >= 0.3 is 5.97 Å². The van der Waals surface area contributed by atoms with Gasteiger partial charge in [0.1, 0.15) is 0 Å². The zero-order valence-corrected chi connectivity index (χ0v) is 12.5. The Labute approximate surface area is 125 Å². The predicted octanol–water partition coefficient (Wildman–Crippen LogP) is 3.52. The van der Waals surface area contributed by atoms with E-state index in [1.54, 1.807) is 6.08 Å². The molecule has 0 saturated carbocycles. The van der Waals surface area contributed by atoms with E-state index in [-0.39, 0.29) is 6.61 Å². The second-order valence-electron chi connectivity index (χ2n) is 5.87. The maximum absolute atomic E-state index is 10.5. The van der Waals surface area contributed by atoms with E-state index in [2.05, 4.69) is 19.9 Å². The van der Waals surface area contributed by atoms with Crippen molar-refractivity contribution in [1.82, 2.24) is 0 Å². The van der Waals surface area contributed by atoms with Crippen molar-refractivity contribution in [3.8, 4) is 0 Å². The number of aliphatic hydroxyl groups excluding tert-OH is 1. The molecule has 2 N–H and O–H groups in total. The van der Waals surface area contributed by atoms with Crippen molar-refractivity contribution in [1.29, 1.82) is 0 Å². The molecule has 2 rings (SSSR count). The number of benzene rings is 1. The van der Waals surface area contributed by atoms with E-state index in [4.69, 9.17) is 5.11 Å². The Bertz CT molecular complexity index is 584. The van der Waals surface area contributed by atoms with Gasteiger partial charge in [0, 0.05) is 6.08 Å². The van der Waals surface area contributed by atoms with Gasteiger partial charge in [-0.1, -0.05) is 44.2 Å². The van der Waals surface area contributed by atoms with E-state index >= 15 is 0 Å². The first-order valence-electron chi connectivity index (χ1n) is 7.36. The largest absolute Gasteiger partial charge is 0.478 e. The smallest absolute Gasteiger partial charge is 0.328 e. The summed E-state index contributed by atoms with van der Waals surface area (Å²) in [7, 11) is 0. The summed E-state index contributed by atoms with van der Waals surface area (Å²) in [5, 5.41) is 18.2. The van der Waals surface area contributed by atoms with Crippen LogP contribution in [0.25, 0.3) is 6.08 Å². The van der Waals surface area contributed by atoms with Crippen LogP contribution in [0.5, 0.6) is 0 Å². The van der Waals surface area contributed by atoms with E-state index < -0.39 is 5.97 Å². The topological polar surface area (TPSA) is 57.5 Å². The summed E-state index contributed by atoms with van der Waals surface area (Å²) in [4.78, 5) is 10.5. The maximum Gasteiger partial charge on any atom is 0.328 e. The van der Waals surface area contributed by atoms with E-state index in [0.717, 1.165) is 30.0 Å². The van der Waals surface area contributed by atoms with Crippen LogP contribution >= 0.6 is 0 Å². The van der Waals surface area contributed by atoms with Crippen molar-refractivity contribution in [2.75, 3.05) is 0 Å². The number of rotatable bonds is 4. The Balaban J connectivity index is 2.43. The van der Waals surface area contributed by atoms with Crippen molar-refractivity contribution < 1.29 is 15.0 Å². The third-order valence-corrected chi connectivity index (χ3v) is 4.07. The molecule has 112 valence electrons. The fourth-order valence-corrected chi connectivity index (χ4v) is 3.29. The summed E-state index contributed by atoms with van der Waals surface area (Å²) in [6.07, 6.45) is 8.48. The van der Waals surface area contributed by atoms with Crippen molar-refractivity contribution >= 4 is 12.0 Å². The number of hydrogen-bond donors (Lipinski definition) is 2. The number of aliphatic carboxylic acids is 1. The standard InChI is InChI=1S/C18H22O3/c1-12-9-13(2)18-14(10-12)7-8-15(11-19)16(18)5-3-4-6-17(20)21/h3-8,12-13,19H,9-11H2,1-2H3,(H,20,21). The first-order chi connectivity index (χ1) is 10.0. The minimum absolute atomic E-state index is 0.00211. The molecule has 0 amide bonds. The van der Waals surface area contributed by atoms with Crippen LogP contribution in [-0.4, -0.2) is 16.2 Å². The van der Waals surface area contributed by atoms with Gasteiger partial charge in [-0.25, -0.2) is 4.79 Å². The van der Waals surface area contributed by atoms with Crippen molar-refractivity contribution in [3.63, 3.8) is 0 Å². The second-order valence-corrected chi connectivity index (χ2v) is 5.87. The Morgan fingerprint density at radius 1 is 1.33 bits per heavy atom. The van der Waals surface area contributed by atoms with E-state index in [9.17, 15) is 9.90 Å². The number of hydrogen-bond acceptors (Lipinski definition) is 2. The van der Waals surface area contributed by atoms with Crippen LogP contribution in [0.1, 0.15) is 48.4 Å². The van der Waals surface area contributed by atoms with Crippen molar-refractivity contribution in [2.24, 2.45) is 5.92 Å². The molecule has 0 bridgehead atoms. The molecule has 1 aliphatic carbocycles. The molecule has 0 fully saturated rings. The maximum atomic E-state index is 10.5. The molecular weight excluding hydrogens is 264 g/mol. The highest BCUT2D eigenvalue weighted by atomic mass is 16.4. The van der Waals surface area contributed by atoms with Crippen LogP contribution in [0.2, 0.25) is 0 Å². The highest BCUT2D eigenvalue weighted by molar-refractivity contribution is 5.80. The molecule has 2 unspecified atom stereocenters. The van der Waals surface area contributed by atoms with E-state index in [0.29, 0.717) is 11.8 Å². The summed E-state index contributed by atoms with van der Waals surface area (Å²) in [6, 6.07) is 4.10. The zero-order valence-electron chi connectivity index (χ0n) is 12.5. The number of carbonyl (C=O) groups is 1. The van der Waals surface area contributed by atoms with Gasteiger partial charge in [0.25, 0.3) is 0 Å². The summed E-state index contributed by atoms with van der Waals surface area (Å²) in [5.74, 6) is 0.175. The third-order valence-electron chi connectivity index (χ3n) is 4.07. The van der Waals surface area contributed by atoms with Gasteiger partial charge in [0.05, 0.1) is 6.61 Å². The van der Waals surface area contributed by atoms with Gasteiger partial charge in [-0.15, -0.1) is 0 Å². The molecule has 0 radical (unpaired) electrons. The summed E-state index contributed by atoms with van der Waals surface area (Å²) in [6.45, 7) is 4.49. The highest BCUT2D eigenvalue weighted by Gasteiger charge is 2.24. The third kappa shape index (κ3) is 3.61. The molecule has 2 atom stereocenters. The lowest BCUT2D eigenvalue weighted by atomic mass is 9.75. The average molecular weight is 286 g/mol. The second kappa shape index (κ2) is 6.72. The number of fused-ring (bicyclic) bond motifs is 1. The predicted molar refractivity (Wildman–Crippen MR) is 84.1 cm³/mol. The number of carboxylic acid groups (broad SMARTS) is 1. The van der Waals surface area contributed by atoms with Gasteiger partial charge < -0.3 is 10.2 Å². The molecule has 0 aromatic heterocycles. The summed E-state index contributed by atoms with van der Waals surface area (Å²) in [5.41, 5.74) is 4.60. The number of aliphatic hydroxyl groups is 1. The molecule has 0 aliphatic heterocycles. The Morgan fingerprint density at radius 3 is 2.76 bits per heavy atom. The molecule has 1 aliphatic rings. The van der Waals surface area contributed by atoms with Gasteiger partial charge in [-0.2, -0.15) is 0 Å². The number of allylic oxidation sites excluding steroid dienone is 2. The lowest BCUT2D eigenvalue weighted by Crippen LogP contribution is -2.17. The molecule has 0 heterocycles. The zero-order chi connectivity index (χ0) is 15.4. The minimum atomic E-state index is -0.959. The Morgan fingerprint density at radius 2 is 2.10 bits per heavy atom. The van der Waals surface area contributed by atoms with Crippen LogP contribution in [0, 0.1) is 5.92 Å². The van der Waals surface area contributed by atoms with E-state index in [1.807, 2.05) is 12.1 Å². The summed E-state index contributed by atoms with van der Waals surface area (Å²) >= 11 is 0. The highest BCUT2D eigenvalue weighted by Crippen LogP contribution is 2.38. The molecular formula is C18H22O3. The minimum Gasteiger partial charge on any atom is -0.478 e. The average Bonchev–Trinajstić information content (AvgIpc) is 2.42. The molecule has 3 heteroatoms. The molecule has 1 aromatic rings. The van der Waals surface area contributed by atoms with Crippen LogP contribution < -0.4 is 0 Å². The van der Waals surface area contributed by atoms with Gasteiger partial charge in [-0.3, -0.25) is 0 Å². The van der Waals surface area contributed by atoms with Crippen LogP contribution in [-0.2, 0) is 17.8 Å². The van der Waals surface area contributed by atoms with Crippen molar-refractivity contribution in [2.45, 2.75) is 39.2 Å². The first-order valence-corrected chi connectivity index (χ1v) is 7.36. The Hall–Kier alpha value is -1.87. The monoisotopic (exact) mass is 286 g/mol. The SMILES string of the molecule is CC1Cc2ccc(CO)c(C=CC=CC(=O)O)c2C(C)C1. The Kier molecular flexibility index (Phi) is 4.97. The fourth-order valence-electron chi connectivity index (χ4n) is 3.29. The molecule has 0 spiro atoms. The van der Waals surface area contributed by atoms with Crippen molar-refractivity contribution in [3.05, 3.63) is 52.6 Å². The van der Waals surface area contributed by atoms with Gasteiger partial charge in [0.15, 0.2) is 0 Å². The molecule has 21 heavy (non-hydrogen) atoms. The quantitative estimate of drug-likeness (QED) is 0.657. The van der Waals surface area contributed by atoms with E-state index in [1.165, 1.54) is 17.2 Å². The van der Waals surface area contributed by atoms with Crippen LogP contribution in [0.4, 0.5) is 0 Å². The molecule has 0 saturated heterocycles. The van der Waals surface area contributed by atoms with Gasteiger partial charge in [0.2, 0.25) is 0 Å². The lowest BCUT2D eigenvalue weighted by molar-refractivity contribution is -0.131.